The minimum absolute atomic E-state index is 0.0153. The monoisotopic (exact) mass is 410 g/mol. The van der Waals surface area contributed by atoms with Crippen LogP contribution < -0.4 is 4.90 Å². The number of carbonyl (C=O) groups excluding carboxylic acids is 1. The molecule has 1 saturated carbocycles. The van der Waals surface area contributed by atoms with E-state index in [2.05, 4.69) is 10.2 Å². The number of rotatable bonds is 7. The van der Waals surface area contributed by atoms with Gasteiger partial charge in [-0.2, -0.15) is 0 Å². The standard InChI is InChI=1S/C22H23FN4OS/c1-3-26(16-9-5-4-6-10-16)21(28)15(2)29-22-25-24-20(27(22)17-13-14-17)18-11-7-8-12-19(18)23/h4-12,15,17H,3,13-14H2,1-2H3. The molecule has 1 aliphatic rings. The largest absolute Gasteiger partial charge is 0.312 e. The summed E-state index contributed by atoms with van der Waals surface area (Å²) < 4.78 is 16.3. The van der Waals surface area contributed by atoms with Crippen LogP contribution in [0.25, 0.3) is 11.4 Å². The molecule has 150 valence electrons. The number of aromatic nitrogens is 3. The summed E-state index contributed by atoms with van der Waals surface area (Å²) in [6.07, 6.45) is 2.03. The number of benzene rings is 2. The van der Waals surface area contributed by atoms with Gasteiger partial charge in [0, 0.05) is 18.3 Å². The van der Waals surface area contributed by atoms with Crippen molar-refractivity contribution in [1.29, 1.82) is 0 Å². The fourth-order valence-electron chi connectivity index (χ4n) is 3.35. The first kappa shape index (κ1) is 19.6. The topological polar surface area (TPSA) is 51.0 Å². The summed E-state index contributed by atoms with van der Waals surface area (Å²) >= 11 is 1.38. The normalized spacial score (nSPS) is 14.6. The molecule has 1 fully saturated rings. The first-order valence-corrected chi connectivity index (χ1v) is 10.7. The molecular weight excluding hydrogens is 387 g/mol. The van der Waals surface area contributed by atoms with E-state index >= 15 is 0 Å². The maximum Gasteiger partial charge on any atom is 0.240 e. The highest BCUT2D eigenvalue weighted by Gasteiger charge is 2.33. The molecule has 2 aromatic carbocycles. The van der Waals surface area contributed by atoms with Crippen LogP contribution in [0.15, 0.2) is 59.8 Å². The highest BCUT2D eigenvalue weighted by atomic mass is 32.2. The van der Waals surface area contributed by atoms with Gasteiger partial charge in [0.2, 0.25) is 5.91 Å². The molecule has 0 radical (unpaired) electrons. The highest BCUT2D eigenvalue weighted by Crippen LogP contribution is 2.42. The van der Waals surface area contributed by atoms with Crippen LogP contribution in [-0.4, -0.2) is 32.5 Å². The lowest BCUT2D eigenvalue weighted by atomic mass is 10.2. The molecule has 1 heterocycles. The minimum atomic E-state index is -0.342. The molecule has 1 amide bonds. The molecule has 0 bridgehead atoms. The lowest BCUT2D eigenvalue weighted by Crippen LogP contribution is -2.36. The maximum absolute atomic E-state index is 14.3. The van der Waals surface area contributed by atoms with Gasteiger partial charge < -0.3 is 4.90 Å². The number of halogens is 1. The van der Waals surface area contributed by atoms with E-state index in [4.69, 9.17) is 0 Å². The lowest BCUT2D eigenvalue weighted by Gasteiger charge is -2.24. The molecule has 0 aliphatic heterocycles. The number of para-hydroxylation sites is 1. The van der Waals surface area contributed by atoms with Gasteiger partial charge in [-0.05, 0) is 51.0 Å². The summed E-state index contributed by atoms with van der Waals surface area (Å²) in [7, 11) is 0. The number of hydrogen-bond donors (Lipinski definition) is 0. The second kappa shape index (κ2) is 8.37. The molecule has 1 atom stereocenters. The van der Waals surface area contributed by atoms with Crippen molar-refractivity contribution in [3.8, 4) is 11.4 Å². The Hall–Kier alpha value is -2.67. The van der Waals surface area contributed by atoms with Crippen LogP contribution in [0.4, 0.5) is 10.1 Å². The highest BCUT2D eigenvalue weighted by molar-refractivity contribution is 8.00. The molecule has 7 heteroatoms. The Morgan fingerprint density at radius 2 is 1.86 bits per heavy atom. The average molecular weight is 411 g/mol. The Morgan fingerprint density at radius 3 is 2.52 bits per heavy atom. The maximum atomic E-state index is 14.3. The van der Waals surface area contributed by atoms with Crippen LogP contribution in [0.3, 0.4) is 0 Å². The molecule has 1 aliphatic carbocycles. The van der Waals surface area contributed by atoms with Crippen LogP contribution >= 0.6 is 11.8 Å². The molecule has 0 saturated heterocycles. The quantitative estimate of drug-likeness (QED) is 0.517. The average Bonchev–Trinajstić information content (AvgIpc) is 3.50. The fourth-order valence-corrected chi connectivity index (χ4v) is 4.33. The van der Waals surface area contributed by atoms with Crippen molar-refractivity contribution in [2.75, 3.05) is 11.4 Å². The van der Waals surface area contributed by atoms with Crippen LogP contribution in [0.1, 0.15) is 32.7 Å². The van der Waals surface area contributed by atoms with Crippen molar-refractivity contribution in [2.45, 2.75) is 43.1 Å². The molecule has 0 N–H and O–H groups in total. The van der Waals surface area contributed by atoms with Gasteiger partial charge in [0.1, 0.15) is 5.82 Å². The smallest absolute Gasteiger partial charge is 0.240 e. The van der Waals surface area contributed by atoms with E-state index in [1.54, 1.807) is 23.1 Å². The first-order valence-electron chi connectivity index (χ1n) is 9.83. The molecule has 0 spiro atoms. The number of hydrogen-bond acceptors (Lipinski definition) is 4. The third-order valence-corrected chi connectivity index (χ3v) is 6.02. The van der Waals surface area contributed by atoms with Gasteiger partial charge in [-0.25, -0.2) is 4.39 Å². The Balaban J connectivity index is 1.59. The Morgan fingerprint density at radius 1 is 1.17 bits per heavy atom. The van der Waals surface area contributed by atoms with E-state index < -0.39 is 0 Å². The van der Waals surface area contributed by atoms with E-state index in [0.717, 1.165) is 18.5 Å². The zero-order valence-corrected chi connectivity index (χ0v) is 17.3. The number of carbonyl (C=O) groups is 1. The summed E-state index contributed by atoms with van der Waals surface area (Å²) in [6, 6.07) is 16.5. The molecule has 29 heavy (non-hydrogen) atoms. The summed E-state index contributed by atoms with van der Waals surface area (Å²) in [5.74, 6) is 0.230. The Kier molecular flexibility index (Phi) is 5.67. The van der Waals surface area contributed by atoms with Gasteiger partial charge in [-0.15, -0.1) is 10.2 Å². The predicted octanol–water partition coefficient (Wildman–Crippen LogP) is 4.95. The number of nitrogens with zero attached hydrogens (tertiary/aromatic N) is 4. The second-order valence-electron chi connectivity index (χ2n) is 7.07. The SMILES string of the molecule is CCN(C(=O)C(C)Sc1nnc(-c2ccccc2F)n1C1CC1)c1ccccc1. The van der Waals surface area contributed by atoms with E-state index in [0.29, 0.717) is 23.1 Å². The van der Waals surface area contributed by atoms with Gasteiger partial charge >= 0.3 is 0 Å². The Labute approximate surface area is 173 Å². The Bertz CT molecular complexity index is 1000. The van der Waals surface area contributed by atoms with Crippen LogP contribution in [0.5, 0.6) is 0 Å². The number of thioether (sulfide) groups is 1. The first-order chi connectivity index (χ1) is 14.1. The van der Waals surface area contributed by atoms with Crippen molar-refractivity contribution < 1.29 is 9.18 Å². The lowest BCUT2D eigenvalue weighted by molar-refractivity contribution is -0.117. The van der Waals surface area contributed by atoms with Crippen molar-refractivity contribution in [1.82, 2.24) is 14.8 Å². The summed E-state index contributed by atoms with van der Waals surface area (Å²) in [5, 5.41) is 8.91. The van der Waals surface area contributed by atoms with Gasteiger partial charge in [0.05, 0.1) is 10.8 Å². The van der Waals surface area contributed by atoms with Crippen LogP contribution in [0.2, 0.25) is 0 Å². The van der Waals surface area contributed by atoms with E-state index in [-0.39, 0.29) is 23.0 Å². The molecule has 5 nitrogen and oxygen atoms in total. The minimum Gasteiger partial charge on any atom is -0.312 e. The van der Waals surface area contributed by atoms with Crippen molar-refractivity contribution in [3.05, 3.63) is 60.4 Å². The number of amides is 1. The van der Waals surface area contributed by atoms with Gasteiger partial charge in [0.15, 0.2) is 11.0 Å². The van der Waals surface area contributed by atoms with Gasteiger partial charge in [-0.1, -0.05) is 42.1 Å². The zero-order chi connectivity index (χ0) is 20.4. The molecule has 1 aromatic heterocycles. The van der Waals surface area contributed by atoms with Crippen molar-refractivity contribution in [2.24, 2.45) is 0 Å². The third-order valence-electron chi connectivity index (χ3n) is 4.97. The van der Waals surface area contributed by atoms with Crippen molar-refractivity contribution in [3.63, 3.8) is 0 Å². The second-order valence-corrected chi connectivity index (χ2v) is 8.37. The molecule has 4 rings (SSSR count). The number of anilines is 1. The van der Waals surface area contributed by atoms with Crippen LogP contribution in [0, 0.1) is 5.82 Å². The van der Waals surface area contributed by atoms with Crippen molar-refractivity contribution >= 4 is 23.4 Å². The zero-order valence-electron chi connectivity index (χ0n) is 16.5. The fraction of sp³-hybridized carbons (Fsp3) is 0.318. The summed E-state index contributed by atoms with van der Waals surface area (Å²) in [5.41, 5.74) is 1.32. The summed E-state index contributed by atoms with van der Waals surface area (Å²) in [6.45, 7) is 4.43. The summed E-state index contributed by atoms with van der Waals surface area (Å²) in [4.78, 5) is 14.9. The van der Waals surface area contributed by atoms with E-state index in [9.17, 15) is 9.18 Å². The van der Waals surface area contributed by atoms with Crippen LogP contribution in [-0.2, 0) is 4.79 Å². The molecule has 1 unspecified atom stereocenters. The van der Waals surface area contributed by atoms with E-state index in [1.165, 1.54) is 17.8 Å². The van der Waals surface area contributed by atoms with Gasteiger partial charge in [-0.3, -0.25) is 9.36 Å². The molecule has 3 aromatic rings. The van der Waals surface area contributed by atoms with Gasteiger partial charge in [0.25, 0.3) is 0 Å². The molecular formula is C22H23FN4OS. The third kappa shape index (κ3) is 4.05. The van der Waals surface area contributed by atoms with E-state index in [1.807, 2.05) is 48.7 Å². The predicted molar refractivity (Wildman–Crippen MR) is 113 cm³/mol.